The molecule has 0 saturated heterocycles. The number of carbonyl (C=O) groups is 1. The first-order chi connectivity index (χ1) is 10.2. The summed E-state index contributed by atoms with van der Waals surface area (Å²) in [5.41, 5.74) is 8.81. The second-order valence-electron chi connectivity index (χ2n) is 4.81. The molecule has 0 amide bonds. The molecule has 0 unspecified atom stereocenters. The third-order valence-electron chi connectivity index (χ3n) is 3.15. The number of rotatable bonds is 6. The van der Waals surface area contributed by atoms with E-state index < -0.39 is 0 Å². The Morgan fingerprint density at radius 3 is 2.67 bits per heavy atom. The Morgan fingerprint density at radius 1 is 1.24 bits per heavy atom. The molecule has 0 aliphatic carbocycles. The van der Waals surface area contributed by atoms with E-state index in [9.17, 15) is 4.79 Å². The van der Waals surface area contributed by atoms with Crippen LogP contribution in [0.4, 0.5) is 5.82 Å². The van der Waals surface area contributed by atoms with Crippen LogP contribution in [0.25, 0.3) is 17.3 Å². The Kier molecular flexibility index (Phi) is 5.21. The maximum absolute atomic E-state index is 10.7. The third kappa shape index (κ3) is 3.99. The van der Waals surface area contributed by atoms with E-state index in [0.717, 1.165) is 24.0 Å². The molecule has 4 heteroatoms. The number of nitrogens with two attached hydrogens (primary N) is 1. The van der Waals surface area contributed by atoms with Gasteiger partial charge in [0.05, 0.1) is 11.9 Å². The van der Waals surface area contributed by atoms with E-state index in [1.165, 1.54) is 12.8 Å². The van der Waals surface area contributed by atoms with Crippen molar-refractivity contribution in [3.05, 3.63) is 47.8 Å². The number of nitrogens with zero attached hydrogens (tertiary/aromatic N) is 2. The zero-order valence-electron chi connectivity index (χ0n) is 12.1. The van der Waals surface area contributed by atoms with Gasteiger partial charge < -0.3 is 5.73 Å². The summed E-state index contributed by atoms with van der Waals surface area (Å²) >= 11 is 0. The number of hydrogen-bond acceptors (Lipinski definition) is 4. The molecule has 2 N–H and O–H groups in total. The van der Waals surface area contributed by atoms with E-state index in [1.807, 2.05) is 18.2 Å². The van der Waals surface area contributed by atoms with E-state index in [4.69, 9.17) is 5.73 Å². The number of hydrogen-bond donors (Lipinski definition) is 1. The van der Waals surface area contributed by atoms with Crippen LogP contribution in [0, 0.1) is 0 Å². The van der Waals surface area contributed by atoms with Crippen LogP contribution < -0.4 is 5.73 Å². The summed E-state index contributed by atoms with van der Waals surface area (Å²) in [5.74, 6) is 0.388. The average Bonchev–Trinajstić information content (AvgIpc) is 2.53. The Bertz CT molecular complexity index is 633. The molecule has 0 spiro atoms. The average molecular weight is 281 g/mol. The Balaban J connectivity index is 2.25. The van der Waals surface area contributed by atoms with Crippen molar-refractivity contribution < 1.29 is 4.79 Å². The van der Waals surface area contributed by atoms with Crippen molar-refractivity contribution >= 4 is 18.2 Å². The van der Waals surface area contributed by atoms with Gasteiger partial charge in [-0.3, -0.25) is 4.79 Å². The zero-order valence-corrected chi connectivity index (χ0v) is 12.1. The van der Waals surface area contributed by atoms with Crippen molar-refractivity contribution in [1.82, 2.24) is 9.97 Å². The van der Waals surface area contributed by atoms with E-state index >= 15 is 0 Å². The van der Waals surface area contributed by atoms with Crippen LogP contribution in [-0.4, -0.2) is 16.3 Å². The maximum Gasteiger partial charge on any atom is 0.150 e. The molecule has 0 aliphatic heterocycles. The lowest BCUT2D eigenvalue weighted by molar-refractivity contribution is 0.112. The first kappa shape index (κ1) is 14.9. The molecule has 2 aromatic rings. The van der Waals surface area contributed by atoms with Crippen LogP contribution in [0.1, 0.15) is 42.2 Å². The summed E-state index contributed by atoms with van der Waals surface area (Å²) in [4.78, 5) is 19.4. The predicted molar refractivity (Wildman–Crippen MR) is 85.8 cm³/mol. The molecule has 1 aromatic heterocycles. The van der Waals surface area contributed by atoms with Gasteiger partial charge in [-0.05, 0) is 12.5 Å². The molecule has 4 nitrogen and oxygen atoms in total. The minimum absolute atomic E-state index is 0.388. The molecule has 0 radical (unpaired) electrons. The fourth-order valence-electron chi connectivity index (χ4n) is 1.95. The standard InChI is InChI=1S/C17H19N3O/c1-2-3-4-5-6-15-11-19-17(18)16(20-15)14-9-7-13(12-21)8-10-14/h5-12H,2-4H2,1H3,(H2,18,19)/b6-5+. The van der Waals surface area contributed by atoms with Gasteiger partial charge in [0.15, 0.2) is 0 Å². The van der Waals surface area contributed by atoms with Gasteiger partial charge in [-0.25, -0.2) is 9.97 Å². The normalized spacial score (nSPS) is 10.9. The monoisotopic (exact) mass is 281 g/mol. The van der Waals surface area contributed by atoms with Gasteiger partial charge >= 0.3 is 0 Å². The Labute approximate surface area is 124 Å². The third-order valence-corrected chi connectivity index (χ3v) is 3.15. The van der Waals surface area contributed by atoms with Gasteiger partial charge in [0.1, 0.15) is 17.8 Å². The Morgan fingerprint density at radius 2 is 2.00 bits per heavy atom. The van der Waals surface area contributed by atoms with Crippen molar-refractivity contribution in [2.45, 2.75) is 26.2 Å². The van der Waals surface area contributed by atoms with Gasteiger partial charge in [-0.2, -0.15) is 0 Å². The number of aldehydes is 1. The summed E-state index contributed by atoms with van der Waals surface area (Å²) in [6.07, 6.45) is 9.91. The number of aromatic nitrogens is 2. The highest BCUT2D eigenvalue weighted by Crippen LogP contribution is 2.22. The minimum Gasteiger partial charge on any atom is -0.382 e. The molecule has 21 heavy (non-hydrogen) atoms. The highest BCUT2D eigenvalue weighted by Gasteiger charge is 2.06. The molecule has 0 saturated carbocycles. The smallest absolute Gasteiger partial charge is 0.150 e. The summed E-state index contributed by atoms with van der Waals surface area (Å²) in [6, 6.07) is 7.14. The molecular formula is C17H19N3O. The van der Waals surface area contributed by atoms with E-state index in [-0.39, 0.29) is 0 Å². The largest absolute Gasteiger partial charge is 0.382 e. The van der Waals surface area contributed by atoms with Gasteiger partial charge in [-0.15, -0.1) is 0 Å². The number of unbranched alkanes of at least 4 members (excludes halogenated alkanes) is 2. The predicted octanol–water partition coefficient (Wildman–Crippen LogP) is 3.74. The molecule has 108 valence electrons. The fraction of sp³-hybridized carbons (Fsp3) is 0.235. The summed E-state index contributed by atoms with van der Waals surface area (Å²) in [6.45, 7) is 2.16. The molecule has 0 fully saturated rings. The molecule has 1 aromatic carbocycles. The quantitative estimate of drug-likeness (QED) is 0.647. The van der Waals surface area contributed by atoms with E-state index in [1.54, 1.807) is 18.3 Å². The van der Waals surface area contributed by atoms with E-state index in [2.05, 4.69) is 23.0 Å². The second-order valence-corrected chi connectivity index (χ2v) is 4.81. The number of anilines is 1. The van der Waals surface area contributed by atoms with Crippen molar-refractivity contribution in [2.24, 2.45) is 0 Å². The van der Waals surface area contributed by atoms with Crippen LogP contribution in [0.2, 0.25) is 0 Å². The lowest BCUT2D eigenvalue weighted by Crippen LogP contribution is -1.98. The molecule has 0 bridgehead atoms. The zero-order chi connectivity index (χ0) is 15.1. The lowest BCUT2D eigenvalue weighted by Gasteiger charge is -2.05. The van der Waals surface area contributed by atoms with Crippen molar-refractivity contribution in [3.63, 3.8) is 0 Å². The molecular weight excluding hydrogens is 262 g/mol. The van der Waals surface area contributed by atoms with Gasteiger partial charge in [0.2, 0.25) is 0 Å². The highest BCUT2D eigenvalue weighted by molar-refractivity contribution is 5.78. The van der Waals surface area contributed by atoms with Gasteiger partial charge in [0.25, 0.3) is 0 Å². The molecule has 0 aliphatic rings. The summed E-state index contributed by atoms with van der Waals surface area (Å²) < 4.78 is 0. The van der Waals surface area contributed by atoms with Crippen molar-refractivity contribution in [2.75, 3.05) is 5.73 Å². The fourth-order valence-corrected chi connectivity index (χ4v) is 1.95. The van der Waals surface area contributed by atoms with Crippen LogP contribution in [0.5, 0.6) is 0 Å². The summed E-state index contributed by atoms with van der Waals surface area (Å²) in [5, 5.41) is 0. The number of allylic oxidation sites excluding steroid dienone is 1. The van der Waals surface area contributed by atoms with Crippen LogP contribution in [0.15, 0.2) is 36.5 Å². The molecule has 1 heterocycles. The van der Waals surface area contributed by atoms with Crippen molar-refractivity contribution in [1.29, 1.82) is 0 Å². The second kappa shape index (κ2) is 7.33. The number of carbonyl (C=O) groups excluding carboxylic acids is 1. The first-order valence-electron chi connectivity index (χ1n) is 7.09. The van der Waals surface area contributed by atoms with Crippen molar-refractivity contribution in [3.8, 4) is 11.3 Å². The van der Waals surface area contributed by atoms with Crippen LogP contribution in [0.3, 0.4) is 0 Å². The first-order valence-corrected chi connectivity index (χ1v) is 7.09. The molecule has 2 rings (SSSR count). The minimum atomic E-state index is 0.388. The number of nitrogen functional groups attached to an aromatic ring is 1. The topological polar surface area (TPSA) is 68.9 Å². The number of benzene rings is 1. The SMILES string of the molecule is CCCC/C=C/c1cnc(N)c(-c2ccc(C=O)cc2)n1. The van der Waals surface area contributed by atoms with Gasteiger partial charge in [-0.1, -0.05) is 50.1 Å². The lowest BCUT2D eigenvalue weighted by atomic mass is 10.1. The molecule has 0 atom stereocenters. The van der Waals surface area contributed by atoms with Crippen LogP contribution in [-0.2, 0) is 0 Å². The van der Waals surface area contributed by atoms with E-state index in [0.29, 0.717) is 17.1 Å². The highest BCUT2D eigenvalue weighted by atomic mass is 16.1. The Hall–Kier alpha value is -2.49. The van der Waals surface area contributed by atoms with Gasteiger partial charge in [0, 0.05) is 11.1 Å². The van der Waals surface area contributed by atoms with Crippen LogP contribution >= 0.6 is 0 Å². The summed E-state index contributed by atoms with van der Waals surface area (Å²) in [7, 11) is 0. The maximum atomic E-state index is 10.7.